The number of hydrogen-bond acceptors (Lipinski definition) is 3. The molecule has 0 saturated carbocycles. The van der Waals surface area contributed by atoms with E-state index in [0.29, 0.717) is 12.0 Å². The molecular formula is C14H13FN2O3. The molecule has 1 heterocycles. The number of hydrogen-bond donors (Lipinski definition) is 1. The van der Waals surface area contributed by atoms with Crippen molar-refractivity contribution in [2.24, 2.45) is 0 Å². The first-order valence-corrected chi connectivity index (χ1v) is 6.15. The molecule has 1 aromatic heterocycles. The number of halogens is 1. The van der Waals surface area contributed by atoms with Gasteiger partial charge in [0.2, 0.25) is 0 Å². The van der Waals surface area contributed by atoms with Crippen molar-refractivity contribution in [2.45, 2.75) is 19.4 Å². The van der Waals surface area contributed by atoms with E-state index in [1.165, 1.54) is 35.0 Å². The summed E-state index contributed by atoms with van der Waals surface area (Å²) >= 11 is 0. The topological polar surface area (TPSA) is 71.9 Å². The second kappa shape index (κ2) is 6.10. The number of H-pyrrole nitrogens is 1. The SMILES string of the molecule is O=C(CCCn1[nH]c(=O)ccc1=O)c1ccc(F)cc1. The number of nitrogens with zero attached hydrogens (tertiary/aromatic N) is 1. The summed E-state index contributed by atoms with van der Waals surface area (Å²) in [6.07, 6.45) is 0.630. The van der Waals surface area contributed by atoms with Crippen molar-refractivity contribution in [3.63, 3.8) is 0 Å². The number of ketones is 1. The second-order valence-corrected chi connectivity index (χ2v) is 4.33. The molecule has 0 spiro atoms. The predicted octanol–water partition coefficient (Wildman–Crippen LogP) is 1.34. The standard InChI is InChI=1S/C14H13FN2O3/c15-11-5-3-10(4-6-11)12(18)2-1-9-17-14(20)8-7-13(19)16-17/h3-8H,1-2,9H2,(H,16,19). The summed E-state index contributed by atoms with van der Waals surface area (Å²) in [5.41, 5.74) is -0.256. The largest absolute Gasteiger partial charge is 0.294 e. The summed E-state index contributed by atoms with van der Waals surface area (Å²) in [5.74, 6) is -0.522. The Morgan fingerprint density at radius 2 is 1.80 bits per heavy atom. The molecule has 20 heavy (non-hydrogen) atoms. The van der Waals surface area contributed by atoms with Gasteiger partial charge < -0.3 is 0 Å². The third-order valence-corrected chi connectivity index (χ3v) is 2.84. The van der Waals surface area contributed by atoms with Gasteiger partial charge in [0, 0.05) is 30.7 Å². The molecule has 5 nitrogen and oxygen atoms in total. The fourth-order valence-electron chi connectivity index (χ4n) is 1.81. The number of nitrogens with one attached hydrogen (secondary N) is 1. The number of rotatable bonds is 5. The maximum absolute atomic E-state index is 12.7. The first-order chi connectivity index (χ1) is 9.56. The van der Waals surface area contributed by atoms with Crippen molar-refractivity contribution in [3.8, 4) is 0 Å². The number of aromatic nitrogens is 2. The molecule has 0 aliphatic carbocycles. The number of benzene rings is 1. The Bertz CT molecular complexity index is 716. The van der Waals surface area contributed by atoms with Gasteiger partial charge in [-0.2, -0.15) is 0 Å². The van der Waals surface area contributed by atoms with Crippen molar-refractivity contribution in [1.29, 1.82) is 0 Å². The predicted molar refractivity (Wildman–Crippen MR) is 71.3 cm³/mol. The molecule has 0 amide bonds. The van der Waals surface area contributed by atoms with Crippen molar-refractivity contribution < 1.29 is 9.18 Å². The zero-order valence-corrected chi connectivity index (χ0v) is 10.6. The highest BCUT2D eigenvalue weighted by Crippen LogP contribution is 2.07. The zero-order valence-electron chi connectivity index (χ0n) is 10.6. The number of carbonyl (C=O) groups excluding carboxylic acids is 1. The van der Waals surface area contributed by atoms with E-state index in [0.717, 1.165) is 6.07 Å². The Morgan fingerprint density at radius 1 is 1.10 bits per heavy atom. The number of aryl methyl sites for hydroxylation is 1. The first kappa shape index (κ1) is 13.9. The van der Waals surface area contributed by atoms with Gasteiger partial charge in [-0.25, -0.2) is 4.39 Å². The lowest BCUT2D eigenvalue weighted by Gasteiger charge is -2.04. The maximum atomic E-state index is 12.7. The Morgan fingerprint density at radius 3 is 2.50 bits per heavy atom. The van der Waals surface area contributed by atoms with E-state index in [1.807, 2.05) is 0 Å². The van der Waals surface area contributed by atoms with Crippen LogP contribution in [-0.4, -0.2) is 15.6 Å². The first-order valence-electron chi connectivity index (χ1n) is 6.15. The normalized spacial score (nSPS) is 10.4. The van der Waals surface area contributed by atoms with Crippen molar-refractivity contribution in [2.75, 3.05) is 0 Å². The molecule has 0 fully saturated rings. The lowest BCUT2D eigenvalue weighted by Crippen LogP contribution is -2.28. The van der Waals surface area contributed by atoms with Gasteiger partial charge in [-0.05, 0) is 30.7 Å². The second-order valence-electron chi connectivity index (χ2n) is 4.33. The van der Waals surface area contributed by atoms with Crippen LogP contribution in [0.3, 0.4) is 0 Å². The minimum atomic E-state index is -0.394. The zero-order chi connectivity index (χ0) is 14.5. The molecule has 0 unspecified atom stereocenters. The van der Waals surface area contributed by atoms with Crippen LogP contribution in [0.4, 0.5) is 4.39 Å². The van der Waals surface area contributed by atoms with E-state index in [1.54, 1.807) is 0 Å². The molecule has 0 aliphatic heterocycles. The highest BCUT2D eigenvalue weighted by atomic mass is 19.1. The quantitative estimate of drug-likeness (QED) is 0.838. The molecule has 0 bridgehead atoms. The van der Waals surface area contributed by atoms with Crippen molar-refractivity contribution in [1.82, 2.24) is 9.78 Å². The summed E-state index contributed by atoms with van der Waals surface area (Å²) in [6.45, 7) is 0.252. The summed E-state index contributed by atoms with van der Waals surface area (Å²) < 4.78 is 13.9. The Balaban J connectivity index is 1.94. The van der Waals surface area contributed by atoms with Gasteiger partial charge in [-0.1, -0.05) is 0 Å². The van der Waals surface area contributed by atoms with Crippen LogP contribution in [0, 0.1) is 5.82 Å². The van der Waals surface area contributed by atoms with E-state index in [2.05, 4.69) is 5.10 Å². The fraction of sp³-hybridized carbons (Fsp3) is 0.214. The number of aromatic amines is 1. The summed E-state index contributed by atoms with van der Waals surface area (Å²) in [7, 11) is 0. The molecular weight excluding hydrogens is 263 g/mol. The lowest BCUT2D eigenvalue weighted by atomic mass is 10.1. The summed E-state index contributed by atoms with van der Waals surface area (Å²) in [6, 6.07) is 7.64. The van der Waals surface area contributed by atoms with Crippen LogP contribution in [0.2, 0.25) is 0 Å². The average Bonchev–Trinajstić information content (AvgIpc) is 2.43. The van der Waals surface area contributed by atoms with Gasteiger partial charge in [-0.3, -0.25) is 24.2 Å². The molecule has 104 valence electrons. The summed E-state index contributed by atoms with van der Waals surface area (Å²) in [4.78, 5) is 34.3. The van der Waals surface area contributed by atoms with Gasteiger partial charge in [0.05, 0.1) is 0 Å². The third-order valence-electron chi connectivity index (χ3n) is 2.84. The van der Waals surface area contributed by atoms with Gasteiger partial charge in [0.1, 0.15) is 5.82 Å². The smallest absolute Gasteiger partial charge is 0.265 e. The lowest BCUT2D eigenvalue weighted by molar-refractivity contribution is 0.0978. The number of carbonyl (C=O) groups is 1. The van der Waals surface area contributed by atoms with E-state index in [9.17, 15) is 18.8 Å². The van der Waals surface area contributed by atoms with Crippen LogP contribution >= 0.6 is 0 Å². The van der Waals surface area contributed by atoms with Crippen LogP contribution in [0.15, 0.2) is 46.0 Å². The molecule has 6 heteroatoms. The maximum Gasteiger partial charge on any atom is 0.265 e. The molecule has 1 N–H and O–H groups in total. The van der Waals surface area contributed by atoms with Gasteiger partial charge in [-0.15, -0.1) is 0 Å². The van der Waals surface area contributed by atoms with E-state index in [4.69, 9.17) is 0 Å². The van der Waals surface area contributed by atoms with Gasteiger partial charge in [0.15, 0.2) is 5.78 Å². The van der Waals surface area contributed by atoms with E-state index < -0.39 is 5.82 Å². The van der Waals surface area contributed by atoms with Crippen LogP contribution in [0.5, 0.6) is 0 Å². The Labute approximate surface area is 113 Å². The van der Waals surface area contributed by atoms with Crippen LogP contribution < -0.4 is 11.1 Å². The summed E-state index contributed by atoms with van der Waals surface area (Å²) in [5, 5.41) is 2.38. The Kier molecular flexibility index (Phi) is 4.24. The average molecular weight is 276 g/mol. The minimum Gasteiger partial charge on any atom is -0.294 e. The molecule has 2 rings (SSSR count). The number of Topliss-reactive ketones (excluding diaryl/α,β-unsaturated/α-hetero) is 1. The third kappa shape index (κ3) is 3.50. The van der Waals surface area contributed by atoms with Crippen LogP contribution in [-0.2, 0) is 6.54 Å². The molecule has 1 aromatic carbocycles. The molecule has 2 aromatic rings. The minimum absolute atomic E-state index is 0.128. The molecule has 0 saturated heterocycles. The fourth-order valence-corrected chi connectivity index (χ4v) is 1.81. The van der Waals surface area contributed by atoms with Gasteiger partial charge in [0.25, 0.3) is 11.1 Å². The van der Waals surface area contributed by atoms with Gasteiger partial charge >= 0.3 is 0 Å². The molecule has 0 aliphatic rings. The highest BCUT2D eigenvalue weighted by molar-refractivity contribution is 5.95. The molecule has 0 atom stereocenters. The highest BCUT2D eigenvalue weighted by Gasteiger charge is 2.06. The van der Waals surface area contributed by atoms with Crippen LogP contribution in [0.25, 0.3) is 0 Å². The van der Waals surface area contributed by atoms with Crippen molar-refractivity contribution >= 4 is 5.78 Å². The monoisotopic (exact) mass is 276 g/mol. The molecule has 0 radical (unpaired) electrons. The van der Waals surface area contributed by atoms with E-state index in [-0.39, 0.29) is 29.9 Å². The van der Waals surface area contributed by atoms with Crippen LogP contribution in [0.1, 0.15) is 23.2 Å². The van der Waals surface area contributed by atoms with Crippen molar-refractivity contribution in [3.05, 3.63) is 68.5 Å². The Hall–Kier alpha value is -2.50. The van der Waals surface area contributed by atoms with E-state index >= 15 is 0 Å².